The van der Waals surface area contributed by atoms with Gasteiger partial charge in [-0.2, -0.15) is 0 Å². The predicted molar refractivity (Wildman–Crippen MR) is 301 cm³/mol. The van der Waals surface area contributed by atoms with Gasteiger partial charge in [-0.15, -0.1) is 74.4 Å². The summed E-state index contributed by atoms with van der Waals surface area (Å²) in [6, 6.07) is 34.7. The molecule has 0 bridgehead atoms. The van der Waals surface area contributed by atoms with E-state index in [1.165, 1.54) is 126 Å². The van der Waals surface area contributed by atoms with E-state index in [1.807, 2.05) is 57.5 Å². The van der Waals surface area contributed by atoms with Crippen LogP contribution in [0.3, 0.4) is 0 Å². The summed E-state index contributed by atoms with van der Waals surface area (Å²) in [5.74, 6) is 16.1. The fourth-order valence-corrected chi connectivity index (χ4v) is 16.0. The first-order chi connectivity index (χ1) is 30.8. The second-order valence-corrected chi connectivity index (χ2v) is 24.5. The molecule has 6 aromatic heterocycles. The van der Waals surface area contributed by atoms with E-state index in [1.54, 1.807) is 22.7 Å². The Morgan fingerprint density at radius 3 is 1.08 bits per heavy atom. The molecule has 0 amide bonds. The minimum atomic E-state index is 0. The van der Waals surface area contributed by atoms with Gasteiger partial charge in [0.1, 0.15) is 0 Å². The van der Waals surface area contributed by atoms with Crippen molar-refractivity contribution >= 4 is 137 Å². The first-order valence-electron chi connectivity index (χ1n) is 21.8. The lowest BCUT2D eigenvalue weighted by molar-refractivity contribution is 0.717. The highest BCUT2D eigenvalue weighted by molar-refractivity contribution is 9.11. The minimum absolute atomic E-state index is 0. The largest absolute Gasteiger partial charge is 0.133 e. The molecule has 9 rings (SSSR count). The van der Waals surface area contributed by atoms with Crippen LogP contribution in [0.5, 0.6) is 0 Å². The summed E-state index contributed by atoms with van der Waals surface area (Å²) in [5, 5.41) is 0. The van der Waals surface area contributed by atoms with Crippen molar-refractivity contribution in [3.05, 3.63) is 148 Å². The Morgan fingerprint density at radius 2 is 0.734 bits per heavy atom. The number of thiophene rings is 6. The minimum Gasteiger partial charge on any atom is -0.133 e. The third-order valence-corrected chi connectivity index (χ3v) is 18.9. The van der Waals surface area contributed by atoms with Crippen molar-refractivity contribution in [2.24, 2.45) is 0 Å². The number of fused-ring (bicyclic) bond motifs is 6. The van der Waals surface area contributed by atoms with Crippen LogP contribution in [0.4, 0.5) is 0 Å². The lowest BCUT2D eigenvalue weighted by atomic mass is 10.1. The average Bonchev–Trinajstić information content (AvgIpc) is 4.15. The van der Waals surface area contributed by atoms with Crippen LogP contribution in [0.1, 0.15) is 129 Å². The fraction of sp³-hybridized carbons (Fsp3) is 0.286. The summed E-state index contributed by atoms with van der Waals surface area (Å²) in [6.45, 7) is 6.72. The molecule has 0 unspecified atom stereocenters. The van der Waals surface area contributed by atoms with Crippen molar-refractivity contribution < 1.29 is 0 Å². The topological polar surface area (TPSA) is 0 Å². The lowest BCUT2D eigenvalue weighted by Crippen LogP contribution is -1.85. The molecule has 3 aromatic carbocycles. The number of hydrogen-bond donors (Lipinski definition) is 0. The molecule has 0 radical (unpaired) electrons. The maximum absolute atomic E-state index is 5.27. The molecule has 0 saturated heterocycles. The van der Waals surface area contributed by atoms with Gasteiger partial charge in [0.2, 0.25) is 0 Å². The van der Waals surface area contributed by atoms with Crippen molar-refractivity contribution in [2.45, 2.75) is 105 Å². The van der Waals surface area contributed by atoms with E-state index in [9.17, 15) is 0 Å². The van der Waals surface area contributed by atoms with Gasteiger partial charge in [-0.1, -0.05) is 133 Å². The SMILES string of the molecule is Brc1cc2sc3cc(Br)sc3c2s1.C.C#Cc1ccc(CCCCC)cc1.CCCCCc1ccc(C#Cc2cc3sc4cc(C#Cc5ccc(CCCCC)cc5)sc4c3s2)cc1. The Labute approximate surface area is 422 Å². The van der Waals surface area contributed by atoms with Gasteiger partial charge in [-0.05, 0) is 148 Å². The quantitative estimate of drug-likeness (QED) is 0.0845. The molecule has 0 aliphatic carbocycles. The van der Waals surface area contributed by atoms with E-state index in [4.69, 9.17) is 6.42 Å². The highest BCUT2D eigenvalue weighted by Gasteiger charge is 2.13. The number of unbranched alkanes of at least 4 members (excludes halogenated alkanes) is 6. The zero-order valence-electron chi connectivity index (χ0n) is 36.0. The van der Waals surface area contributed by atoms with E-state index in [2.05, 4.69) is 167 Å². The second kappa shape index (κ2) is 25.4. The van der Waals surface area contributed by atoms with Crippen LogP contribution in [-0.2, 0) is 19.3 Å². The van der Waals surface area contributed by atoms with E-state index >= 15 is 0 Å². The molecule has 0 fully saturated rings. The molecule has 0 spiro atoms. The molecule has 0 nitrogen and oxygen atoms in total. The number of terminal acetylenes is 1. The maximum atomic E-state index is 5.27. The molecular weight excluding hydrogens is 1020 g/mol. The number of benzene rings is 3. The summed E-state index contributed by atoms with van der Waals surface area (Å²) in [5.41, 5.74) is 7.36. The molecule has 0 atom stereocenters. The molecule has 0 aliphatic heterocycles. The van der Waals surface area contributed by atoms with Crippen LogP contribution in [-0.4, -0.2) is 0 Å². The van der Waals surface area contributed by atoms with E-state index in [0.29, 0.717) is 0 Å². The Kier molecular flexibility index (Phi) is 19.9. The normalized spacial score (nSPS) is 10.6. The van der Waals surface area contributed by atoms with Crippen LogP contribution in [0.25, 0.3) is 37.6 Å². The van der Waals surface area contributed by atoms with Crippen molar-refractivity contribution in [1.29, 1.82) is 0 Å². The van der Waals surface area contributed by atoms with Crippen molar-refractivity contribution in [2.75, 3.05) is 0 Å². The second-order valence-electron chi connectivity index (χ2n) is 15.4. The van der Waals surface area contributed by atoms with Gasteiger partial charge in [-0.3, -0.25) is 0 Å². The Bertz CT molecular complexity index is 2850. The fourth-order valence-electron chi connectivity index (χ4n) is 7.02. The maximum Gasteiger partial charge on any atom is 0.0793 e. The van der Waals surface area contributed by atoms with Crippen LogP contribution >= 0.6 is 99.9 Å². The Hall–Kier alpha value is -3.46. The van der Waals surface area contributed by atoms with Crippen LogP contribution in [0.2, 0.25) is 0 Å². The summed E-state index contributed by atoms with van der Waals surface area (Å²) in [4.78, 5) is 2.27. The molecular formula is C56H54Br2S6. The smallest absolute Gasteiger partial charge is 0.0793 e. The van der Waals surface area contributed by atoms with Crippen LogP contribution < -0.4 is 0 Å². The highest BCUT2D eigenvalue weighted by Crippen LogP contribution is 2.46. The number of aryl methyl sites for hydroxylation is 3. The monoisotopic (exact) mass is 1080 g/mol. The number of halogens is 2. The Balaban J connectivity index is 0.000000204. The molecule has 64 heavy (non-hydrogen) atoms. The van der Waals surface area contributed by atoms with Crippen LogP contribution in [0.15, 0.2) is 105 Å². The van der Waals surface area contributed by atoms with Gasteiger partial charge in [0.15, 0.2) is 0 Å². The zero-order chi connectivity index (χ0) is 44.0. The van der Waals surface area contributed by atoms with E-state index in [0.717, 1.165) is 39.3 Å². The van der Waals surface area contributed by atoms with Gasteiger partial charge < -0.3 is 0 Å². The average molecular weight is 1080 g/mol. The molecule has 9 aromatic rings. The van der Waals surface area contributed by atoms with Gasteiger partial charge in [-0.25, -0.2) is 0 Å². The summed E-state index contributed by atoms with van der Waals surface area (Å²) in [7, 11) is 0. The van der Waals surface area contributed by atoms with Gasteiger partial charge >= 0.3 is 0 Å². The standard InChI is InChI=1S/C34H32S3.C13H16.C8H2Br2S3.CH4/c1-3-5-7-9-25-11-15-27(16-12-25)19-21-29-23-31-33(35-29)34-32(37-31)24-30(36-34)22-20-28-17-13-26(14-18-28)10-8-6-4-2;1-3-5-6-7-13-10-8-12(4-2)9-11-13;9-5-1-3-7(12-5)8-4(11-3)2-6(10)13-8;/h11-18,23-24H,3-10H2,1-2H3;2,8-11H,3,5-7H2,1H3;1-2H;1H4. The molecule has 8 heteroatoms. The number of hydrogen-bond acceptors (Lipinski definition) is 6. The number of rotatable bonds is 12. The van der Waals surface area contributed by atoms with Crippen molar-refractivity contribution in [1.82, 2.24) is 0 Å². The van der Waals surface area contributed by atoms with E-state index in [-0.39, 0.29) is 7.43 Å². The molecule has 0 N–H and O–H groups in total. The Morgan fingerprint density at radius 1 is 0.406 bits per heavy atom. The lowest BCUT2D eigenvalue weighted by Gasteiger charge is -2.00. The van der Waals surface area contributed by atoms with Gasteiger partial charge in [0, 0.05) is 35.5 Å². The summed E-state index contributed by atoms with van der Waals surface area (Å²) in [6.07, 6.45) is 20.3. The molecule has 0 aliphatic rings. The third-order valence-electron chi connectivity index (χ3n) is 10.5. The molecule has 6 heterocycles. The molecule has 0 saturated carbocycles. The van der Waals surface area contributed by atoms with Gasteiger partial charge in [0.25, 0.3) is 0 Å². The zero-order valence-corrected chi connectivity index (χ0v) is 44.1. The summed E-state index contributed by atoms with van der Waals surface area (Å²) < 4.78 is 13.4. The molecule has 328 valence electrons. The predicted octanol–water partition coefficient (Wildman–Crippen LogP) is 20.2. The third kappa shape index (κ3) is 14.0. The van der Waals surface area contributed by atoms with E-state index < -0.39 is 0 Å². The van der Waals surface area contributed by atoms with Crippen LogP contribution in [0, 0.1) is 36.0 Å². The first kappa shape index (κ1) is 50.0. The first-order valence-corrected chi connectivity index (χ1v) is 28.3. The summed E-state index contributed by atoms with van der Waals surface area (Å²) >= 11 is 18.0. The van der Waals surface area contributed by atoms with Crippen molar-refractivity contribution in [3.8, 4) is 36.0 Å². The van der Waals surface area contributed by atoms with Crippen molar-refractivity contribution in [3.63, 3.8) is 0 Å². The highest BCUT2D eigenvalue weighted by atomic mass is 79.9. The van der Waals surface area contributed by atoms with Gasteiger partial charge in [0.05, 0.1) is 36.1 Å².